The summed E-state index contributed by atoms with van der Waals surface area (Å²) in [5.74, 6) is 0.0331. The van der Waals surface area contributed by atoms with Crippen molar-refractivity contribution in [3.8, 4) is 11.3 Å². The molecule has 128 valence electrons. The molecule has 0 N–H and O–H groups in total. The van der Waals surface area contributed by atoms with Gasteiger partial charge in [-0.05, 0) is 32.0 Å². The van der Waals surface area contributed by atoms with Gasteiger partial charge in [-0.2, -0.15) is 0 Å². The Balaban J connectivity index is 1.85. The third-order valence-corrected chi connectivity index (χ3v) is 3.97. The van der Waals surface area contributed by atoms with Crippen molar-refractivity contribution in [1.82, 2.24) is 15.0 Å². The molecule has 3 rings (SSSR count). The Bertz CT molecular complexity index is 901. The first-order valence-electron chi connectivity index (χ1n) is 7.86. The van der Waals surface area contributed by atoms with Crippen LogP contribution in [0.2, 0.25) is 0 Å². The molecule has 0 saturated carbocycles. The number of carbonyl (C=O) groups excluding carboxylic acids is 1. The predicted octanol–water partition coefficient (Wildman–Crippen LogP) is 3.76. The Morgan fingerprint density at radius 1 is 1.16 bits per heavy atom. The summed E-state index contributed by atoms with van der Waals surface area (Å²) in [6, 6.07) is 11.6. The molecular formula is C19H18FN3O2. The Labute approximate surface area is 145 Å². The Kier molecular flexibility index (Phi) is 4.61. The minimum Gasteiger partial charge on any atom is -0.361 e. The van der Waals surface area contributed by atoms with E-state index in [2.05, 4.69) is 10.1 Å². The lowest BCUT2D eigenvalue weighted by Gasteiger charge is -2.17. The number of aromatic nitrogens is 2. The maximum atomic E-state index is 13.8. The molecule has 3 aromatic rings. The van der Waals surface area contributed by atoms with Crippen LogP contribution in [-0.4, -0.2) is 28.0 Å². The molecule has 0 aliphatic heterocycles. The smallest absolute Gasteiger partial charge is 0.272 e. The molecule has 0 aliphatic rings. The average molecular weight is 339 g/mol. The molecular weight excluding hydrogens is 321 g/mol. The van der Waals surface area contributed by atoms with Gasteiger partial charge in [-0.1, -0.05) is 29.4 Å². The van der Waals surface area contributed by atoms with E-state index in [-0.39, 0.29) is 24.0 Å². The molecule has 1 amide bonds. The third-order valence-electron chi connectivity index (χ3n) is 3.97. The first-order chi connectivity index (χ1) is 12.0. The van der Waals surface area contributed by atoms with Gasteiger partial charge in [0.05, 0.1) is 17.0 Å². The van der Waals surface area contributed by atoms with E-state index in [9.17, 15) is 9.18 Å². The van der Waals surface area contributed by atoms with Crippen LogP contribution in [0.15, 0.2) is 47.0 Å². The van der Waals surface area contributed by atoms with Crippen molar-refractivity contribution in [3.05, 3.63) is 71.0 Å². The van der Waals surface area contributed by atoms with E-state index in [0.29, 0.717) is 22.7 Å². The number of hydrogen-bond acceptors (Lipinski definition) is 4. The lowest BCUT2D eigenvalue weighted by atomic mass is 10.1. The van der Waals surface area contributed by atoms with E-state index in [1.165, 1.54) is 11.0 Å². The highest BCUT2D eigenvalue weighted by Crippen LogP contribution is 2.25. The molecule has 0 atom stereocenters. The van der Waals surface area contributed by atoms with Gasteiger partial charge in [-0.15, -0.1) is 0 Å². The lowest BCUT2D eigenvalue weighted by Crippen LogP contribution is -2.27. The summed E-state index contributed by atoms with van der Waals surface area (Å²) in [5.41, 5.74) is 2.87. The fraction of sp³-hybridized carbons (Fsp3) is 0.211. The van der Waals surface area contributed by atoms with Crippen molar-refractivity contribution in [3.63, 3.8) is 0 Å². The molecule has 2 aromatic heterocycles. The number of benzene rings is 1. The van der Waals surface area contributed by atoms with Gasteiger partial charge in [-0.3, -0.25) is 4.79 Å². The van der Waals surface area contributed by atoms with Crippen molar-refractivity contribution in [1.29, 1.82) is 0 Å². The van der Waals surface area contributed by atoms with Crippen molar-refractivity contribution < 1.29 is 13.7 Å². The van der Waals surface area contributed by atoms with Crippen LogP contribution < -0.4 is 0 Å². The second-order valence-corrected chi connectivity index (χ2v) is 5.86. The first kappa shape index (κ1) is 16.8. The quantitative estimate of drug-likeness (QED) is 0.726. The van der Waals surface area contributed by atoms with Crippen LogP contribution >= 0.6 is 0 Å². The maximum absolute atomic E-state index is 13.8. The van der Waals surface area contributed by atoms with Crippen LogP contribution in [0.1, 0.15) is 27.5 Å². The number of pyridine rings is 1. The van der Waals surface area contributed by atoms with Crippen molar-refractivity contribution >= 4 is 5.91 Å². The van der Waals surface area contributed by atoms with E-state index >= 15 is 0 Å². The van der Waals surface area contributed by atoms with Crippen molar-refractivity contribution in [2.24, 2.45) is 0 Å². The molecule has 0 radical (unpaired) electrons. The van der Waals surface area contributed by atoms with Gasteiger partial charge >= 0.3 is 0 Å². The molecule has 5 nitrogen and oxygen atoms in total. The summed E-state index contributed by atoms with van der Waals surface area (Å²) in [5, 5.41) is 3.92. The Morgan fingerprint density at radius 3 is 2.60 bits per heavy atom. The van der Waals surface area contributed by atoms with Gasteiger partial charge in [0.2, 0.25) is 0 Å². The highest BCUT2D eigenvalue weighted by molar-refractivity contribution is 5.92. The van der Waals surface area contributed by atoms with E-state index in [1.54, 1.807) is 50.4 Å². The number of nitrogens with zero attached hydrogens (tertiary/aromatic N) is 3. The molecule has 1 aromatic carbocycles. The number of halogens is 1. The molecule has 0 unspecified atom stereocenters. The monoisotopic (exact) mass is 339 g/mol. The molecule has 0 aliphatic carbocycles. The number of amides is 1. The van der Waals surface area contributed by atoms with E-state index < -0.39 is 0 Å². The Hall–Kier alpha value is -3.02. The van der Waals surface area contributed by atoms with E-state index in [4.69, 9.17) is 4.52 Å². The van der Waals surface area contributed by atoms with Crippen LogP contribution in [0, 0.1) is 19.7 Å². The highest BCUT2D eigenvalue weighted by atomic mass is 19.1. The lowest BCUT2D eigenvalue weighted by molar-refractivity contribution is 0.0778. The summed E-state index contributed by atoms with van der Waals surface area (Å²) in [7, 11) is 1.62. The number of aryl methyl sites for hydroxylation is 2. The van der Waals surface area contributed by atoms with Gasteiger partial charge in [0.15, 0.2) is 0 Å². The van der Waals surface area contributed by atoms with Crippen molar-refractivity contribution in [2.45, 2.75) is 20.4 Å². The summed E-state index contributed by atoms with van der Waals surface area (Å²) >= 11 is 0. The van der Waals surface area contributed by atoms with Gasteiger partial charge in [-0.25, -0.2) is 9.37 Å². The zero-order valence-corrected chi connectivity index (χ0v) is 14.3. The third kappa shape index (κ3) is 3.42. The van der Waals surface area contributed by atoms with E-state index in [0.717, 1.165) is 5.56 Å². The zero-order valence-electron chi connectivity index (χ0n) is 14.3. The number of rotatable bonds is 4. The summed E-state index contributed by atoms with van der Waals surface area (Å²) in [6.45, 7) is 3.80. The summed E-state index contributed by atoms with van der Waals surface area (Å²) in [4.78, 5) is 18.5. The molecule has 0 spiro atoms. The van der Waals surface area contributed by atoms with Gasteiger partial charge in [0.1, 0.15) is 17.3 Å². The van der Waals surface area contributed by atoms with Crippen LogP contribution in [-0.2, 0) is 6.54 Å². The minimum atomic E-state index is -0.334. The van der Waals surface area contributed by atoms with Crippen LogP contribution in [0.5, 0.6) is 0 Å². The SMILES string of the molecule is Cc1noc(C)c1-c1cccc(C(=O)N(C)Cc2ccccc2F)n1. The summed E-state index contributed by atoms with van der Waals surface area (Å²) in [6.07, 6.45) is 0. The number of carbonyl (C=O) groups is 1. The Morgan fingerprint density at radius 2 is 1.92 bits per heavy atom. The van der Waals surface area contributed by atoms with Gasteiger partial charge in [0, 0.05) is 19.2 Å². The molecule has 2 heterocycles. The predicted molar refractivity (Wildman–Crippen MR) is 91.4 cm³/mol. The molecule has 0 bridgehead atoms. The average Bonchev–Trinajstić information content (AvgIpc) is 2.95. The molecule has 25 heavy (non-hydrogen) atoms. The maximum Gasteiger partial charge on any atom is 0.272 e. The van der Waals surface area contributed by atoms with E-state index in [1.807, 2.05) is 6.92 Å². The number of hydrogen-bond donors (Lipinski definition) is 0. The van der Waals surface area contributed by atoms with Crippen LogP contribution in [0.3, 0.4) is 0 Å². The summed E-state index contributed by atoms with van der Waals surface area (Å²) < 4.78 is 18.9. The topological polar surface area (TPSA) is 59.2 Å². The fourth-order valence-electron chi connectivity index (χ4n) is 2.69. The zero-order chi connectivity index (χ0) is 18.0. The second-order valence-electron chi connectivity index (χ2n) is 5.86. The first-order valence-corrected chi connectivity index (χ1v) is 7.86. The molecule has 0 saturated heterocycles. The van der Waals surface area contributed by atoms with Crippen molar-refractivity contribution in [2.75, 3.05) is 7.05 Å². The fourth-order valence-corrected chi connectivity index (χ4v) is 2.69. The largest absolute Gasteiger partial charge is 0.361 e. The minimum absolute atomic E-state index is 0.169. The van der Waals surface area contributed by atoms with Crippen LogP contribution in [0.4, 0.5) is 4.39 Å². The van der Waals surface area contributed by atoms with Crippen LogP contribution in [0.25, 0.3) is 11.3 Å². The molecule has 0 fully saturated rings. The highest BCUT2D eigenvalue weighted by Gasteiger charge is 2.18. The standard InChI is InChI=1S/C19H18FN3O2/c1-12-18(13(2)25-22-12)16-9-6-10-17(21-16)19(24)23(3)11-14-7-4-5-8-15(14)20/h4-10H,11H2,1-3H3. The van der Waals surface area contributed by atoms with Gasteiger partial charge < -0.3 is 9.42 Å². The van der Waals surface area contributed by atoms with Gasteiger partial charge in [0.25, 0.3) is 5.91 Å². The normalized spacial score (nSPS) is 10.7. The second kappa shape index (κ2) is 6.84. The molecule has 6 heteroatoms.